The van der Waals surface area contributed by atoms with Gasteiger partial charge in [-0.25, -0.2) is 4.79 Å². The van der Waals surface area contributed by atoms with Gasteiger partial charge in [-0.05, 0) is 5.56 Å². The molecule has 2 N–H and O–H groups in total. The molecule has 1 amide bonds. The van der Waals surface area contributed by atoms with E-state index >= 15 is 0 Å². The molecule has 0 aromatic heterocycles. The van der Waals surface area contributed by atoms with Crippen LogP contribution in [0.4, 0.5) is 5.69 Å². The van der Waals surface area contributed by atoms with Gasteiger partial charge in [0.1, 0.15) is 6.04 Å². The molecule has 1 heterocycles. The van der Waals surface area contributed by atoms with Crippen molar-refractivity contribution < 1.29 is 24.7 Å². The molecule has 1 saturated heterocycles. The molecule has 112 valence electrons. The fraction of sp³-hybridized carbons (Fsp3) is 0.385. The lowest BCUT2D eigenvalue weighted by Gasteiger charge is -2.21. The molecule has 0 bridgehead atoms. The summed E-state index contributed by atoms with van der Waals surface area (Å²) in [7, 11) is 0. The van der Waals surface area contributed by atoms with E-state index in [2.05, 4.69) is 0 Å². The minimum Gasteiger partial charge on any atom is -0.480 e. The number of aliphatic hydroxyl groups excluding tert-OH is 1. The number of carboxylic acid groups (broad SMARTS) is 1. The molecule has 0 saturated carbocycles. The topological polar surface area (TPSA) is 121 Å². The fourth-order valence-corrected chi connectivity index (χ4v) is 2.38. The van der Waals surface area contributed by atoms with Crippen molar-refractivity contribution in [3.63, 3.8) is 0 Å². The van der Waals surface area contributed by atoms with Crippen molar-refractivity contribution in [3.8, 4) is 0 Å². The second-order valence-corrected chi connectivity index (χ2v) is 4.89. The summed E-state index contributed by atoms with van der Waals surface area (Å²) in [5.41, 5.74) is 0.302. The smallest absolute Gasteiger partial charge is 0.326 e. The molecule has 2 atom stereocenters. The first-order valence-electron chi connectivity index (χ1n) is 6.32. The highest BCUT2D eigenvalue weighted by Crippen LogP contribution is 2.20. The summed E-state index contributed by atoms with van der Waals surface area (Å²) in [5, 5.41) is 29.2. The van der Waals surface area contributed by atoms with E-state index in [1.807, 2.05) is 0 Å². The first-order chi connectivity index (χ1) is 9.88. The van der Waals surface area contributed by atoms with Crippen molar-refractivity contribution in [2.24, 2.45) is 0 Å². The Bertz CT molecular complexity index is 588. The zero-order valence-electron chi connectivity index (χ0n) is 11.0. The van der Waals surface area contributed by atoms with Crippen LogP contribution in [0.25, 0.3) is 0 Å². The van der Waals surface area contributed by atoms with E-state index in [0.717, 1.165) is 4.90 Å². The summed E-state index contributed by atoms with van der Waals surface area (Å²) in [4.78, 5) is 34.4. The lowest BCUT2D eigenvalue weighted by Crippen LogP contribution is -2.41. The number of hydrogen-bond donors (Lipinski definition) is 2. The average Bonchev–Trinajstić information content (AvgIpc) is 2.81. The van der Waals surface area contributed by atoms with Crippen LogP contribution in [0, 0.1) is 10.1 Å². The third-order valence-electron chi connectivity index (χ3n) is 3.36. The Kier molecular flexibility index (Phi) is 4.18. The zero-order chi connectivity index (χ0) is 15.6. The third-order valence-corrected chi connectivity index (χ3v) is 3.36. The van der Waals surface area contributed by atoms with Crippen LogP contribution in [-0.4, -0.2) is 50.6 Å². The van der Waals surface area contributed by atoms with Gasteiger partial charge in [0.2, 0.25) is 5.91 Å². The number of β-amino-alcohol motifs (C(OH)–C–C–N with tert-alkyl or cyclic N) is 1. The molecule has 2 rings (SSSR count). The first kappa shape index (κ1) is 14.9. The van der Waals surface area contributed by atoms with Crippen molar-refractivity contribution in [3.05, 3.63) is 39.9 Å². The first-order valence-corrected chi connectivity index (χ1v) is 6.32. The highest BCUT2D eigenvalue weighted by molar-refractivity contribution is 5.85. The standard InChI is InChI=1S/C13H14N2O6/c16-10-6-11(13(18)19)14(7-10)12(17)5-8-2-1-3-9(4-8)15(20)21/h1-4,10-11,16H,5-7H2,(H,18,19)/t10-,11-/m1/s1. The van der Waals surface area contributed by atoms with Crippen molar-refractivity contribution >= 4 is 17.6 Å². The molecule has 8 nitrogen and oxygen atoms in total. The minimum absolute atomic E-state index is 0.00396. The summed E-state index contributed by atoms with van der Waals surface area (Å²) in [6, 6.07) is 4.57. The van der Waals surface area contributed by atoms with Crippen molar-refractivity contribution in [2.45, 2.75) is 25.0 Å². The number of carbonyl (C=O) groups excluding carboxylic acids is 1. The van der Waals surface area contributed by atoms with Gasteiger partial charge in [-0.3, -0.25) is 14.9 Å². The minimum atomic E-state index is -1.17. The Labute approximate surface area is 119 Å². The maximum Gasteiger partial charge on any atom is 0.326 e. The maximum absolute atomic E-state index is 12.1. The van der Waals surface area contributed by atoms with Crippen LogP contribution in [0.15, 0.2) is 24.3 Å². The molecule has 0 spiro atoms. The number of likely N-dealkylation sites (tertiary alicyclic amines) is 1. The summed E-state index contributed by atoms with van der Waals surface area (Å²) in [5.74, 6) is -1.64. The molecule has 0 aliphatic carbocycles. The summed E-state index contributed by atoms with van der Waals surface area (Å²) in [6.45, 7) is -0.0370. The number of nitrogens with zero attached hydrogens (tertiary/aromatic N) is 2. The van der Waals surface area contributed by atoms with Gasteiger partial charge in [0, 0.05) is 25.1 Å². The molecule has 1 fully saturated rings. The number of aliphatic carboxylic acids is 1. The molecular formula is C13H14N2O6. The van der Waals surface area contributed by atoms with Crippen LogP contribution in [0.5, 0.6) is 0 Å². The fourth-order valence-electron chi connectivity index (χ4n) is 2.38. The van der Waals surface area contributed by atoms with Crippen molar-refractivity contribution in [1.82, 2.24) is 4.90 Å². The van der Waals surface area contributed by atoms with Crippen LogP contribution in [0.3, 0.4) is 0 Å². The van der Waals surface area contributed by atoms with E-state index < -0.39 is 28.9 Å². The zero-order valence-corrected chi connectivity index (χ0v) is 11.0. The molecule has 1 aromatic carbocycles. The largest absolute Gasteiger partial charge is 0.480 e. The predicted molar refractivity (Wildman–Crippen MR) is 70.6 cm³/mol. The van der Waals surface area contributed by atoms with Gasteiger partial charge in [0.25, 0.3) is 5.69 Å². The van der Waals surface area contributed by atoms with Gasteiger partial charge in [0.15, 0.2) is 0 Å². The number of hydrogen-bond acceptors (Lipinski definition) is 5. The number of benzene rings is 1. The Balaban J connectivity index is 2.12. The van der Waals surface area contributed by atoms with E-state index in [1.54, 1.807) is 6.07 Å². The van der Waals surface area contributed by atoms with E-state index in [-0.39, 0.29) is 25.1 Å². The Hall–Kier alpha value is -2.48. The van der Waals surface area contributed by atoms with Gasteiger partial charge in [-0.2, -0.15) is 0 Å². The SMILES string of the molecule is O=C(O)[C@H]1C[C@@H](O)CN1C(=O)Cc1cccc([N+](=O)[O-])c1. The second-order valence-electron chi connectivity index (χ2n) is 4.89. The molecule has 0 radical (unpaired) electrons. The maximum atomic E-state index is 12.1. The predicted octanol–water partition coefficient (Wildman–Crippen LogP) is 0.184. The van der Waals surface area contributed by atoms with Gasteiger partial charge >= 0.3 is 5.97 Å². The van der Waals surface area contributed by atoms with Gasteiger partial charge < -0.3 is 15.1 Å². The molecule has 1 aliphatic heterocycles. The van der Waals surface area contributed by atoms with Gasteiger partial charge in [0.05, 0.1) is 17.4 Å². The van der Waals surface area contributed by atoms with Gasteiger partial charge in [-0.15, -0.1) is 0 Å². The summed E-state index contributed by atoms with van der Waals surface area (Å²) < 4.78 is 0. The molecule has 1 aliphatic rings. The van der Waals surface area contributed by atoms with Crippen molar-refractivity contribution in [2.75, 3.05) is 6.54 Å². The van der Waals surface area contributed by atoms with Crippen LogP contribution in [-0.2, 0) is 16.0 Å². The highest BCUT2D eigenvalue weighted by atomic mass is 16.6. The second kappa shape index (κ2) is 5.88. The molecule has 1 aromatic rings. The monoisotopic (exact) mass is 294 g/mol. The lowest BCUT2D eigenvalue weighted by atomic mass is 10.1. The number of nitro groups is 1. The number of carbonyl (C=O) groups is 2. The highest BCUT2D eigenvalue weighted by Gasteiger charge is 2.38. The number of nitro benzene ring substituents is 1. The summed E-state index contributed by atoms with van der Waals surface area (Å²) in [6.07, 6.45) is -1.01. The number of carboxylic acids is 1. The van der Waals surface area contributed by atoms with Crippen LogP contribution in [0.2, 0.25) is 0 Å². The van der Waals surface area contributed by atoms with Crippen LogP contribution >= 0.6 is 0 Å². The van der Waals surface area contributed by atoms with Crippen molar-refractivity contribution in [1.29, 1.82) is 0 Å². The number of non-ortho nitro benzene ring substituents is 1. The quantitative estimate of drug-likeness (QED) is 0.603. The van der Waals surface area contributed by atoms with E-state index in [0.29, 0.717) is 5.56 Å². The lowest BCUT2D eigenvalue weighted by molar-refractivity contribution is -0.384. The number of rotatable bonds is 4. The number of aliphatic hydroxyl groups is 1. The number of amides is 1. The Morgan fingerprint density at radius 2 is 2.14 bits per heavy atom. The van der Waals surface area contributed by atoms with E-state index in [1.165, 1.54) is 18.2 Å². The van der Waals surface area contributed by atoms with Gasteiger partial charge in [-0.1, -0.05) is 12.1 Å². The molecular weight excluding hydrogens is 280 g/mol. The average molecular weight is 294 g/mol. The Morgan fingerprint density at radius 3 is 2.76 bits per heavy atom. The molecule has 21 heavy (non-hydrogen) atoms. The van der Waals surface area contributed by atoms with E-state index in [9.17, 15) is 24.8 Å². The summed E-state index contributed by atoms with van der Waals surface area (Å²) >= 11 is 0. The van der Waals surface area contributed by atoms with Crippen LogP contribution < -0.4 is 0 Å². The molecule has 8 heteroatoms. The molecule has 0 unspecified atom stereocenters. The van der Waals surface area contributed by atoms with E-state index in [4.69, 9.17) is 5.11 Å². The normalized spacial score (nSPS) is 21.3. The Morgan fingerprint density at radius 1 is 1.43 bits per heavy atom. The van der Waals surface area contributed by atoms with Crippen LogP contribution in [0.1, 0.15) is 12.0 Å². The third kappa shape index (κ3) is 3.34.